The van der Waals surface area contributed by atoms with Crippen molar-refractivity contribution in [1.82, 2.24) is 0 Å². The molecule has 0 saturated heterocycles. The Balaban J connectivity index is 2.38. The Kier molecular flexibility index (Phi) is 6.65. The zero-order chi connectivity index (χ0) is 13.4. The monoisotopic (exact) mass is 254 g/mol. The molecule has 1 aliphatic rings. The second kappa shape index (κ2) is 8.03. The number of ketones is 1. The second-order valence-electron chi connectivity index (χ2n) is 4.69. The van der Waals surface area contributed by atoms with Crippen LogP contribution in [-0.4, -0.2) is 32.1 Å². The third-order valence-corrected chi connectivity index (χ3v) is 3.30. The van der Waals surface area contributed by atoms with Crippen LogP contribution in [0.25, 0.3) is 0 Å². The van der Waals surface area contributed by atoms with E-state index in [4.69, 9.17) is 9.47 Å². The smallest absolute Gasteiger partial charge is 0.306 e. The predicted molar refractivity (Wildman–Crippen MR) is 68.1 cm³/mol. The normalized spacial score (nSPS) is 23.8. The van der Waals surface area contributed by atoms with E-state index in [0.29, 0.717) is 31.8 Å². The van der Waals surface area contributed by atoms with Crippen molar-refractivity contribution in [2.24, 2.45) is 11.8 Å². The first-order valence-corrected chi connectivity index (χ1v) is 6.44. The molecule has 1 saturated carbocycles. The Morgan fingerprint density at radius 3 is 2.72 bits per heavy atom. The molecular weight excluding hydrogens is 232 g/mol. The first-order chi connectivity index (χ1) is 8.67. The van der Waals surface area contributed by atoms with Crippen molar-refractivity contribution in [3.63, 3.8) is 0 Å². The van der Waals surface area contributed by atoms with E-state index in [9.17, 15) is 9.59 Å². The predicted octanol–water partition coefficient (Wildman–Crippen LogP) is 2.13. The molecule has 1 aliphatic carbocycles. The quantitative estimate of drug-likeness (QED) is 0.397. The van der Waals surface area contributed by atoms with Crippen molar-refractivity contribution < 1.29 is 19.1 Å². The van der Waals surface area contributed by atoms with E-state index in [-0.39, 0.29) is 24.3 Å². The number of carbonyl (C=O) groups excluding carboxylic acids is 2. The average Bonchev–Trinajstić information content (AvgIpc) is 2.67. The maximum Gasteiger partial charge on any atom is 0.306 e. The van der Waals surface area contributed by atoms with E-state index in [1.807, 2.05) is 13.0 Å². The summed E-state index contributed by atoms with van der Waals surface area (Å²) in [6.45, 7) is 2.66. The zero-order valence-corrected chi connectivity index (χ0v) is 11.2. The largest absolute Gasteiger partial charge is 0.463 e. The summed E-state index contributed by atoms with van der Waals surface area (Å²) >= 11 is 0. The molecule has 0 aromatic rings. The van der Waals surface area contributed by atoms with Crippen LogP contribution in [0.4, 0.5) is 0 Å². The summed E-state index contributed by atoms with van der Waals surface area (Å²) in [4.78, 5) is 23.1. The van der Waals surface area contributed by atoms with Crippen LogP contribution >= 0.6 is 0 Å². The van der Waals surface area contributed by atoms with E-state index >= 15 is 0 Å². The number of Topliss-reactive ketones (excluding diaryl/α,β-unsaturated/α-hetero) is 1. The molecule has 4 nitrogen and oxygen atoms in total. The van der Waals surface area contributed by atoms with Crippen LogP contribution in [0.15, 0.2) is 12.2 Å². The molecule has 102 valence electrons. The fourth-order valence-corrected chi connectivity index (χ4v) is 2.34. The molecule has 0 aromatic carbocycles. The van der Waals surface area contributed by atoms with Crippen LogP contribution in [0.2, 0.25) is 0 Å². The third-order valence-electron chi connectivity index (χ3n) is 3.30. The van der Waals surface area contributed by atoms with Crippen molar-refractivity contribution in [2.45, 2.75) is 32.6 Å². The summed E-state index contributed by atoms with van der Waals surface area (Å²) in [7, 11) is 1.57. The summed E-state index contributed by atoms with van der Waals surface area (Å²) in [5.41, 5.74) is 0. The highest BCUT2D eigenvalue weighted by molar-refractivity contribution is 5.82. The number of rotatable bonds is 7. The Hall–Kier alpha value is -1.16. The van der Waals surface area contributed by atoms with Gasteiger partial charge in [-0.25, -0.2) is 0 Å². The van der Waals surface area contributed by atoms with Crippen LogP contribution in [0, 0.1) is 11.8 Å². The number of hydrogen-bond donors (Lipinski definition) is 0. The molecule has 0 bridgehead atoms. The van der Waals surface area contributed by atoms with Crippen LogP contribution in [-0.2, 0) is 19.1 Å². The van der Waals surface area contributed by atoms with Gasteiger partial charge in [0, 0.05) is 26.4 Å². The summed E-state index contributed by atoms with van der Waals surface area (Å²) in [5.74, 6) is 0.476. The molecule has 0 radical (unpaired) electrons. The molecule has 0 spiro atoms. The lowest BCUT2D eigenvalue weighted by molar-refractivity contribution is -0.146. The van der Waals surface area contributed by atoms with Gasteiger partial charge in [0.2, 0.25) is 0 Å². The minimum atomic E-state index is -0.225. The van der Waals surface area contributed by atoms with Gasteiger partial charge in [0.1, 0.15) is 12.4 Å². The first-order valence-electron chi connectivity index (χ1n) is 6.44. The van der Waals surface area contributed by atoms with Gasteiger partial charge in [-0.1, -0.05) is 12.2 Å². The number of esters is 1. The number of hydrogen-bond acceptors (Lipinski definition) is 4. The molecule has 4 heteroatoms. The van der Waals surface area contributed by atoms with Gasteiger partial charge in [0.05, 0.1) is 6.61 Å². The Morgan fingerprint density at radius 2 is 2.06 bits per heavy atom. The Morgan fingerprint density at radius 1 is 1.33 bits per heavy atom. The standard InChI is InChI=1S/C14H22O4/c1-3-4-5-11-8-13(15)9-12(11)10-14(16)18-7-6-17-2/h3-4,11-12H,5-10H2,1-2H3/b4-3-. The maximum atomic E-state index is 11.6. The second-order valence-corrected chi connectivity index (χ2v) is 4.69. The zero-order valence-electron chi connectivity index (χ0n) is 11.2. The summed E-state index contributed by atoms with van der Waals surface area (Å²) in [6, 6.07) is 0. The maximum absolute atomic E-state index is 11.6. The van der Waals surface area contributed by atoms with Crippen LogP contribution in [0.5, 0.6) is 0 Å². The highest BCUT2D eigenvalue weighted by Crippen LogP contribution is 2.34. The summed E-state index contributed by atoms with van der Waals surface area (Å²) < 4.78 is 9.85. The van der Waals surface area contributed by atoms with Gasteiger partial charge < -0.3 is 9.47 Å². The van der Waals surface area contributed by atoms with E-state index in [1.54, 1.807) is 7.11 Å². The molecule has 2 unspecified atom stereocenters. The fourth-order valence-electron chi connectivity index (χ4n) is 2.34. The van der Waals surface area contributed by atoms with Gasteiger partial charge in [-0.15, -0.1) is 0 Å². The highest BCUT2D eigenvalue weighted by Gasteiger charge is 2.33. The van der Waals surface area contributed by atoms with Crippen LogP contribution in [0.3, 0.4) is 0 Å². The lowest BCUT2D eigenvalue weighted by atomic mass is 9.90. The first kappa shape index (κ1) is 14.9. The topological polar surface area (TPSA) is 52.6 Å². The number of allylic oxidation sites excluding steroid dienone is 2. The molecule has 0 heterocycles. The van der Waals surface area contributed by atoms with Gasteiger partial charge in [-0.3, -0.25) is 9.59 Å². The Labute approximate surface area is 108 Å². The molecule has 2 atom stereocenters. The van der Waals surface area contributed by atoms with Gasteiger partial charge >= 0.3 is 5.97 Å². The third kappa shape index (κ3) is 5.00. The van der Waals surface area contributed by atoms with Gasteiger partial charge in [-0.05, 0) is 25.2 Å². The summed E-state index contributed by atoms with van der Waals surface area (Å²) in [6.07, 6.45) is 6.38. The number of ether oxygens (including phenoxy) is 2. The van der Waals surface area contributed by atoms with E-state index in [0.717, 1.165) is 6.42 Å². The molecular formula is C14H22O4. The summed E-state index contributed by atoms with van der Waals surface area (Å²) in [5, 5.41) is 0. The van der Waals surface area contributed by atoms with Gasteiger partial charge in [0.15, 0.2) is 0 Å². The average molecular weight is 254 g/mol. The van der Waals surface area contributed by atoms with Crippen LogP contribution in [0.1, 0.15) is 32.6 Å². The highest BCUT2D eigenvalue weighted by atomic mass is 16.6. The van der Waals surface area contributed by atoms with Gasteiger partial charge in [-0.2, -0.15) is 0 Å². The molecule has 1 rings (SSSR count). The molecule has 0 aliphatic heterocycles. The molecule has 0 amide bonds. The number of methoxy groups -OCH3 is 1. The van der Waals surface area contributed by atoms with Crippen molar-refractivity contribution in [1.29, 1.82) is 0 Å². The minimum absolute atomic E-state index is 0.142. The lowest BCUT2D eigenvalue weighted by Gasteiger charge is -2.16. The van der Waals surface area contributed by atoms with Crippen molar-refractivity contribution in [3.05, 3.63) is 12.2 Å². The molecule has 0 aromatic heterocycles. The molecule has 18 heavy (non-hydrogen) atoms. The molecule has 1 fully saturated rings. The van der Waals surface area contributed by atoms with Crippen molar-refractivity contribution >= 4 is 11.8 Å². The lowest BCUT2D eigenvalue weighted by Crippen LogP contribution is -2.16. The van der Waals surface area contributed by atoms with Crippen molar-refractivity contribution in [2.75, 3.05) is 20.3 Å². The molecule has 0 N–H and O–H groups in total. The minimum Gasteiger partial charge on any atom is -0.463 e. The van der Waals surface area contributed by atoms with Crippen molar-refractivity contribution in [3.8, 4) is 0 Å². The van der Waals surface area contributed by atoms with E-state index < -0.39 is 0 Å². The van der Waals surface area contributed by atoms with E-state index in [1.165, 1.54) is 0 Å². The fraction of sp³-hybridized carbons (Fsp3) is 0.714. The Bertz CT molecular complexity index is 309. The van der Waals surface area contributed by atoms with Crippen LogP contribution < -0.4 is 0 Å². The number of carbonyl (C=O) groups is 2. The van der Waals surface area contributed by atoms with E-state index in [2.05, 4.69) is 6.08 Å². The SMILES string of the molecule is C/C=C\CC1CC(=O)CC1CC(=O)OCCOC. The van der Waals surface area contributed by atoms with Gasteiger partial charge in [0.25, 0.3) is 0 Å².